The van der Waals surface area contributed by atoms with E-state index in [-0.39, 0.29) is 12.1 Å². The number of nitrogens with zero attached hydrogens (tertiary/aromatic N) is 2. The SMILES string of the molecule is CC(O)C(C)N(C)CCN(C)C. The van der Waals surface area contributed by atoms with Gasteiger partial charge in [-0.1, -0.05) is 0 Å². The Hall–Kier alpha value is -0.120. The van der Waals surface area contributed by atoms with Crippen LogP contribution in [0, 0.1) is 0 Å². The van der Waals surface area contributed by atoms with Crippen LogP contribution in [0.15, 0.2) is 0 Å². The summed E-state index contributed by atoms with van der Waals surface area (Å²) >= 11 is 0. The molecule has 0 heterocycles. The maximum absolute atomic E-state index is 9.30. The van der Waals surface area contributed by atoms with Crippen molar-refractivity contribution < 1.29 is 5.11 Å². The molecule has 0 bridgehead atoms. The van der Waals surface area contributed by atoms with Crippen molar-refractivity contribution in [3.8, 4) is 0 Å². The van der Waals surface area contributed by atoms with E-state index in [1.54, 1.807) is 0 Å². The zero-order valence-electron chi connectivity index (χ0n) is 8.91. The molecule has 12 heavy (non-hydrogen) atoms. The largest absolute Gasteiger partial charge is 0.392 e. The smallest absolute Gasteiger partial charge is 0.0664 e. The van der Waals surface area contributed by atoms with Crippen molar-refractivity contribution in [3.05, 3.63) is 0 Å². The second kappa shape index (κ2) is 5.51. The molecule has 0 aromatic heterocycles. The van der Waals surface area contributed by atoms with Gasteiger partial charge in [0.2, 0.25) is 0 Å². The second-order valence-corrected chi connectivity index (χ2v) is 3.77. The van der Waals surface area contributed by atoms with Gasteiger partial charge >= 0.3 is 0 Å². The summed E-state index contributed by atoms with van der Waals surface area (Å²) in [6.45, 7) is 5.91. The predicted molar refractivity (Wildman–Crippen MR) is 52.3 cm³/mol. The van der Waals surface area contributed by atoms with Crippen molar-refractivity contribution in [3.63, 3.8) is 0 Å². The van der Waals surface area contributed by atoms with E-state index in [4.69, 9.17) is 0 Å². The van der Waals surface area contributed by atoms with E-state index in [1.165, 1.54) is 0 Å². The Morgan fingerprint density at radius 2 is 1.58 bits per heavy atom. The Morgan fingerprint density at radius 3 is 1.92 bits per heavy atom. The highest BCUT2D eigenvalue weighted by Crippen LogP contribution is 2.00. The molecule has 3 heteroatoms. The van der Waals surface area contributed by atoms with Gasteiger partial charge in [0.15, 0.2) is 0 Å². The minimum absolute atomic E-state index is 0.241. The number of aliphatic hydroxyl groups is 1. The molecule has 2 unspecified atom stereocenters. The standard InChI is InChI=1S/C9H22N2O/c1-8(9(2)12)11(5)7-6-10(3)4/h8-9,12H,6-7H2,1-5H3. The fraction of sp³-hybridized carbons (Fsp3) is 1.00. The monoisotopic (exact) mass is 174 g/mol. The highest BCUT2D eigenvalue weighted by molar-refractivity contribution is 4.68. The number of likely N-dealkylation sites (N-methyl/N-ethyl adjacent to an activating group) is 2. The maximum atomic E-state index is 9.30. The second-order valence-electron chi connectivity index (χ2n) is 3.77. The van der Waals surface area contributed by atoms with Gasteiger partial charge in [-0.3, -0.25) is 4.90 Å². The van der Waals surface area contributed by atoms with Crippen LogP contribution in [0.3, 0.4) is 0 Å². The van der Waals surface area contributed by atoms with E-state index >= 15 is 0 Å². The van der Waals surface area contributed by atoms with Crippen LogP contribution in [0.25, 0.3) is 0 Å². The molecule has 3 nitrogen and oxygen atoms in total. The molecule has 74 valence electrons. The summed E-state index contributed by atoms with van der Waals surface area (Å²) in [5.41, 5.74) is 0. The topological polar surface area (TPSA) is 26.7 Å². The van der Waals surface area contributed by atoms with Gasteiger partial charge in [0, 0.05) is 19.1 Å². The zero-order chi connectivity index (χ0) is 9.72. The Kier molecular flexibility index (Phi) is 5.46. The van der Waals surface area contributed by atoms with Crippen LogP contribution in [-0.2, 0) is 0 Å². The Bertz CT molecular complexity index is 115. The van der Waals surface area contributed by atoms with E-state index in [0.29, 0.717) is 0 Å². The van der Waals surface area contributed by atoms with Crippen LogP contribution in [-0.4, -0.2) is 61.3 Å². The van der Waals surface area contributed by atoms with Gasteiger partial charge in [-0.15, -0.1) is 0 Å². The minimum Gasteiger partial charge on any atom is -0.392 e. The van der Waals surface area contributed by atoms with Crippen LogP contribution in [0.1, 0.15) is 13.8 Å². The lowest BCUT2D eigenvalue weighted by atomic mass is 10.2. The van der Waals surface area contributed by atoms with Crippen molar-refractivity contribution in [1.29, 1.82) is 0 Å². The highest BCUT2D eigenvalue weighted by atomic mass is 16.3. The van der Waals surface area contributed by atoms with E-state index in [9.17, 15) is 5.11 Å². The molecule has 2 atom stereocenters. The molecule has 0 aliphatic heterocycles. The molecule has 0 rings (SSSR count). The molecule has 0 amide bonds. The van der Waals surface area contributed by atoms with Gasteiger partial charge < -0.3 is 10.0 Å². The minimum atomic E-state index is -0.253. The molecule has 0 aromatic carbocycles. The average Bonchev–Trinajstić information content (AvgIpc) is 1.98. The first kappa shape index (κ1) is 11.9. The van der Waals surface area contributed by atoms with Crippen LogP contribution in [0.2, 0.25) is 0 Å². The van der Waals surface area contributed by atoms with Gasteiger partial charge in [0.05, 0.1) is 6.10 Å². The van der Waals surface area contributed by atoms with Gasteiger partial charge in [-0.2, -0.15) is 0 Å². The lowest BCUT2D eigenvalue weighted by molar-refractivity contribution is 0.0829. The van der Waals surface area contributed by atoms with Crippen molar-refractivity contribution in [2.45, 2.75) is 26.0 Å². The number of rotatable bonds is 5. The molecular weight excluding hydrogens is 152 g/mol. The number of hydrogen-bond acceptors (Lipinski definition) is 3. The molecule has 0 fully saturated rings. The van der Waals surface area contributed by atoms with Crippen molar-refractivity contribution in [2.75, 3.05) is 34.2 Å². The van der Waals surface area contributed by atoms with E-state index in [2.05, 4.69) is 23.9 Å². The Balaban J connectivity index is 3.64. The lowest BCUT2D eigenvalue weighted by Gasteiger charge is -2.27. The predicted octanol–water partition coefficient (Wildman–Crippen LogP) is 0.249. The quantitative estimate of drug-likeness (QED) is 0.647. The first-order valence-electron chi connectivity index (χ1n) is 4.48. The first-order chi connectivity index (χ1) is 5.45. The van der Waals surface area contributed by atoms with Crippen LogP contribution < -0.4 is 0 Å². The van der Waals surface area contributed by atoms with Crippen LogP contribution in [0.5, 0.6) is 0 Å². The third kappa shape index (κ3) is 4.70. The summed E-state index contributed by atoms with van der Waals surface area (Å²) in [6, 6.07) is 0.241. The fourth-order valence-corrected chi connectivity index (χ4v) is 0.930. The number of aliphatic hydroxyl groups excluding tert-OH is 1. The average molecular weight is 174 g/mol. The highest BCUT2D eigenvalue weighted by Gasteiger charge is 2.13. The van der Waals surface area contributed by atoms with Crippen LogP contribution in [0.4, 0.5) is 0 Å². The molecule has 0 aromatic rings. The van der Waals surface area contributed by atoms with E-state index in [1.807, 2.05) is 20.9 Å². The molecule has 0 aliphatic rings. The molecular formula is C9H22N2O. The summed E-state index contributed by atoms with van der Waals surface area (Å²) in [7, 11) is 6.16. The van der Waals surface area contributed by atoms with Crippen molar-refractivity contribution >= 4 is 0 Å². The molecule has 0 saturated carbocycles. The number of hydrogen-bond donors (Lipinski definition) is 1. The third-order valence-electron chi connectivity index (χ3n) is 2.29. The lowest BCUT2D eigenvalue weighted by Crippen LogP contribution is -2.40. The summed E-state index contributed by atoms with van der Waals surface area (Å²) in [5, 5.41) is 9.30. The van der Waals surface area contributed by atoms with Gasteiger partial charge in [0.1, 0.15) is 0 Å². The molecule has 0 spiro atoms. The molecule has 0 saturated heterocycles. The normalized spacial score (nSPS) is 17.0. The Morgan fingerprint density at radius 1 is 1.08 bits per heavy atom. The molecule has 0 aliphatic carbocycles. The van der Waals surface area contributed by atoms with Gasteiger partial charge in [-0.25, -0.2) is 0 Å². The van der Waals surface area contributed by atoms with E-state index in [0.717, 1.165) is 13.1 Å². The van der Waals surface area contributed by atoms with Gasteiger partial charge in [-0.05, 0) is 35.0 Å². The maximum Gasteiger partial charge on any atom is 0.0664 e. The summed E-state index contributed by atoms with van der Waals surface area (Å²) in [6.07, 6.45) is -0.253. The van der Waals surface area contributed by atoms with Crippen molar-refractivity contribution in [1.82, 2.24) is 9.80 Å². The molecule has 1 N–H and O–H groups in total. The first-order valence-corrected chi connectivity index (χ1v) is 4.48. The zero-order valence-corrected chi connectivity index (χ0v) is 8.91. The Labute approximate surface area is 76.0 Å². The van der Waals surface area contributed by atoms with Crippen molar-refractivity contribution in [2.24, 2.45) is 0 Å². The third-order valence-corrected chi connectivity index (χ3v) is 2.29. The van der Waals surface area contributed by atoms with E-state index < -0.39 is 0 Å². The van der Waals surface area contributed by atoms with Gasteiger partial charge in [0.25, 0.3) is 0 Å². The fourth-order valence-electron chi connectivity index (χ4n) is 0.930. The summed E-state index contributed by atoms with van der Waals surface area (Å²) < 4.78 is 0. The molecule has 0 radical (unpaired) electrons. The van der Waals surface area contributed by atoms with Crippen LogP contribution >= 0.6 is 0 Å². The summed E-state index contributed by atoms with van der Waals surface area (Å²) in [5.74, 6) is 0. The summed E-state index contributed by atoms with van der Waals surface area (Å²) in [4.78, 5) is 4.32.